The number of nitrogens with one attached hydrogen (secondary N) is 1. The topological polar surface area (TPSA) is 32.3 Å². The van der Waals surface area contributed by atoms with E-state index in [9.17, 15) is 9.18 Å². The molecule has 3 rings (SSSR count). The van der Waals surface area contributed by atoms with Gasteiger partial charge in [-0.1, -0.05) is 37.1 Å². The maximum Gasteiger partial charge on any atom is 0.235 e. The van der Waals surface area contributed by atoms with E-state index in [1.807, 2.05) is 43.3 Å². The van der Waals surface area contributed by atoms with E-state index in [-0.39, 0.29) is 11.7 Å². The number of halogens is 1. The minimum Gasteiger partial charge on any atom is -0.378 e. The van der Waals surface area contributed by atoms with Crippen molar-refractivity contribution < 1.29 is 9.18 Å². The van der Waals surface area contributed by atoms with Gasteiger partial charge in [0.1, 0.15) is 5.82 Å². The molecule has 0 unspecified atom stereocenters. The number of carbonyl (C=O) groups excluding carboxylic acids is 1. The Morgan fingerprint density at radius 3 is 2.46 bits per heavy atom. The monoisotopic (exact) mass is 326 g/mol. The molecule has 24 heavy (non-hydrogen) atoms. The summed E-state index contributed by atoms with van der Waals surface area (Å²) in [7, 11) is 3.91. The average Bonchev–Trinajstić information content (AvgIpc) is 3.06. The van der Waals surface area contributed by atoms with Gasteiger partial charge in [-0.3, -0.25) is 4.79 Å². The maximum absolute atomic E-state index is 14.4. The Morgan fingerprint density at radius 1 is 1.08 bits per heavy atom. The Morgan fingerprint density at radius 2 is 1.79 bits per heavy atom. The molecule has 1 aliphatic rings. The van der Waals surface area contributed by atoms with Crippen LogP contribution in [0.1, 0.15) is 31.2 Å². The Balaban J connectivity index is 1.91. The molecule has 0 heterocycles. The highest BCUT2D eigenvalue weighted by atomic mass is 19.1. The first-order valence-corrected chi connectivity index (χ1v) is 8.37. The predicted octanol–water partition coefficient (Wildman–Crippen LogP) is 4.34. The van der Waals surface area contributed by atoms with Gasteiger partial charge >= 0.3 is 0 Å². The minimum absolute atomic E-state index is 0.110. The lowest BCUT2D eigenvalue weighted by molar-refractivity contribution is -0.121. The third kappa shape index (κ3) is 3.01. The lowest BCUT2D eigenvalue weighted by Gasteiger charge is -2.29. The summed E-state index contributed by atoms with van der Waals surface area (Å²) in [5, 5.41) is 3.01. The molecule has 0 spiro atoms. The first-order chi connectivity index (χ1) is 11.5. The predicted molar refractivity (Wildman–Crippen MR) is 95.9 cm³/mol. The van der Waals surface area contributed by atoms with Crippen LogP contribution in [-0.4, -0.2) is 20.0 Å². The first-order valence-electron chi connectivity index (χ1n) is 8.37. The molecule has 126 valence electrons. The molecule has 0 aliphatic heterocycles. The lowest BCUT2D eigenvalue weighted by atomic mass is 9.77. The summed E-state index contributed by atoms with van der Waals surface area (Å²) in [6, 6.07) is 14.4. The number of rotatable bonds is 4. The number of benzene rings is 2. The summed E-state index contributed by atoms with van der Waals surface area (Å²) in [6.45, 7) is 0. The molecular weight excluding hydrogens is 303 g/mol. The molecular formula is C20H23FN2O. The lowest BCUT2D eigenvalue weighted by Crippen LogP contribution is -2.38. The fourth-order valence-corrected chi connectivity index (χ4v) is 3.56. The van der Waals surface area contributed by atoms with Crippen molar-refractivity contribution in [2.75, 3.05) is 24.3 Å². The van der Waals surface area contributed by atoms with Crippen LogP contribution >= 0.6 is 0 Å². The van der Waals surface area contributed by atoms with E-state index >= 15 is 0 Å². The summed E-state index contributed by atoms with van der Waals surface area (Å²) in [4.78, 5) is 15.1. The number of hydrogen-bond acceptors (Lipinski definition) is 2. The van der Waals surface area contributed by atoms with E-state index in [4.69, 9.17) is 0 Å². The first kappa shape index (κ1) is 16.5. The zero-order valence-electron chi connectivity index (χ0n) is 14.2. The van der Waals surface area contributed by atoms with E-state index < -0.39 is 5.41 Å². The van der Waals surface area contributed by atoms with Crippen LogP contribution in [0.15, 0.2) is 48.5 Å². The maximum atomic E-state index is 14.4. The quantitative estimate of drug-likeness (QED) is 0.906. The van der Waals surface area contributed by atoms with Crippen molar-refractivity contribution in [3.8, 4) is 0 Å². The Bertz CT molecular complexity index is 736. The second kappa shape index (κ2) is 6.63. The zero-order valence-corrected chi connectivity index (χ0v) is 14.2. The van der Waals surface area contributed by atoms with Crippen molar-refractivity contribution in [2.24, 2.45) is 0 Å². The van der Waals surface area contributed by atoms with Crippen molar-refractivity contribution >= 4 is 17.3 Å². The molecule has 0 saturated heterocycles. The molecule has 2 aromatic rings. The van der Waals surface area contributed by atoms with Crippen LogP contribution in [0.4, 0.5) is 15.8 Å². The summed E-state index contributed by atoms with van der Waals surface area (Å²) in [5.74, 6) is -0.405. The van der Waals surface area contributed by atoms with Crippen LogP contribution in [0.2, 0.25) is 0 Å². The molecule has 4 heteroatoms. The number of amides is 1. The smallest absolute Gasteiger partial charge is 0.235 e. The molecule has 1 fully saturated rings. The summed E-state index contributed by atoms with van der Waals surface area (Å²) in [5.41, 5.74) is 1.51. The third-order valence-corrected chi connectivity index (χ3v) is 4.90. The molecule has 0 aromatic heterocycles. The molecule has 1 aliphatic carbocycles. The fraction of sp³-hybridized carbons (Fsp3) is 0.350. The van der Waals surface area contributed by atoms with Crippen molar-refractivity contribution in [2.45, 2.75) is 31.1 Å². The molecule has 1 amide bonds. The standard InChI is InChI=1S/C20H23FN2O/c1-23(2)16-9-7-8-15(14-16)22-19(24)20(12-5-6-13-20)17-10-3-4-11-18(17)21/h3-4,7-11,14H,5-6,12-13H2,1-2H3,(H,22,24). The van der Waals surface area contributed by atoms with Gasteiger partial charge < -0.3 is 10.2 Å². The van der Waals surface area contributed by atoms with Gasteiger partial charge in [0.25, 0.3) is 0 Å². The molecule has 2 aromatic carbocycles. The second-order valence-electron chi connectivity index (χ2n) is 6.67. The van der Waals surface area contributed by atoms with Crippen LogP contribution in [-0.2, 0) is 10.2 Å². The van der Waals surface area contributed by atoms with E-state index in [1.54, 1.807) is 18.2 Å². The zero-order chi connectivity index (χ0) is 17.2. The van der Waals surface area contributed by atoms with Gasteiger partial charge in [0.15, 0.2) is 0 Å². The highest BCUT2D eigenvalue weighted by Crippen LogP contribution is 2.43. The van der Waals surface area contributed by atoms with Crippen LogP contribution in [0.5, 0.6) is 0 Å². The van der Waals surface area contributed by atoms with Crippen LogP contribution < -0.4 is 10.2 Å². The van der Waals surface area contributed by atoms with Crippen LogP contribution in [0.3, 0.4) is 0 Å². The van der Waals surface area contributed by atoms with Crippen molar-refractivity contribution in [1.82, 2.24) is 0 Å². The number of hydrogen-bond donors (Lipinski definition) is 1. The normalized spacial score (nSPS) is 16.0. The Hall–Kier alpha value is -2.36. The largest absolute Gasteiger partial charge is 0.378 e. The van der Waals surface area contributed by atoms with Crippen LogP contribution in [0.25, 0.3) is 0 Å². The minimum atomic E-state index is -0.764. The van der Waals surface area contributed by atoms with Crippen molar-refractivity contribution in [3.63, 3.8) is 0 Å². The van der Waals surface area contributed by atoms with Gasteiger partial charge in [0, 0.05) is 31.0 Å². The number of carbonyl (C=O) groups is 1. The molecule has 0 atom stereocenters. The highest BCUT2D eigenvalue weighted by Gasteiger charge is 2.44. The summed E-state index contributed by atoms with van der Waals surface area (Å²) >= 11 is 0. The molecule has 1 saturated carbocycles. The summed E-state index contributed by atoms with van der Waals surface area (Å²) in [6.07, 6.45) is 3.26. The van der Waals surface area contributed by atoms with Gasteiger partial charge in [0.05, 0.1) is 5.41 Å². The molecule has 0 bridgehead atoms. The third-order valence-electron chi connectivity index (χ3n) is 4.90. The van der Waals surface area contributed by atoms with Gasteiger partial charge in [-0.2, -0.15) is 0 Å². The SMILES string of the molecule is CN(C)c1cccc(NC(=O)C2(c3ccccc3F)CCCC2)c1. The van der Waals surface area contributed by atoms with Crippen molar-refractivity contribution in [3.05, 3.63) is 59.9 Å². The highest BCUT2D eigenvalue weighted by molar-refractivity contribution is 5.99. The number of anilines is 2. The van der Waals surface area contributed by atoms with Gasteiger partial charge in [-0.15, -0.1) is 0 Å². The molecule has 1 N–H and O–H groups in total. The number of nitrogens with zero attached hydrogens (tertiary/aromatic N) is 1. The van der Waals surface area contributed by atoms with E-state index in [0.29, 0.717) is 18.4 Å². The average molecular weight is 326 g/mol. The van der Waals surface area contributed by atoms with E-state index in [0.717, 1.165) is 24.2 Å². The summed E-state index contributed by atoms with van der Waals surface area (Å²) < 4.78 is 14.4. The van der Waals surface area contributed by atoms with Crippen molar-refractivity contribution in [1.29, 1.82) is 0 Å². The van der Waals surface area contributed by atoms with Gasteiger partial charge in [-0.05, 0) is 37.1 Å². The fourth-order valence-electron chi connectivity index (χ4n) is 3.56. The molecule has 0 radical (unpaired) electrons. The Labute approximate surface area is 142 Å². The van der Waals surface area contributed by atoms with E-state index in [2.05, 4.69) is 5.32 Å². The van der Waals surface area contributed by atoms with Gasteiger partial charge in [0.2, 0.25) is 5.91 Å². The molecule has 3 nitrogen and oxygen atoms in total. The second-order valence-corrected chi connectivity index (χ2v) is 6.67. The van der Waals surface area contributed by atoms with Crippen LogP contribution in [0, 0.1) is 5.82 Å². The van der Waals surface area contributed by atoms with Gasteiger partial charge in [-0.25, -0.2) is 4.39 Å². The van der Waals surface area contributed by atoms with E-state index in [1.165, 1.54) is 6.07 Å². The Kier molecular flexibility index (Phi) is 4.56.